The molecule has 3 atom stereocenters. The number of hydrogen-bond acceptors (Lipinski definition) is 3. The van der Waals surface area contributed by atoms with Gasteiger partial charge in [0.1, 0.15) is 0 Å². The van der Waals surface area contributed by atoms with Crippen molar-refractivity contribution in [2.24, 2.45) is 11.3 Å². The minimum Gasteiger partial charge on any atom is -0.480 e. The number of amides is 1. The molecule has 0 aromatic rings. The molecule has 0 aliphatic heterocycles. The van der Waals surface area contributed by atoms with Gasteiger partial charge in [-0.1, -0.05) is 27.7 Å². The van der Waals surface area contributed by atoms with Gasteiger partial charge in [0.05, 0.1) is 6.10 Å². The summed E-state index contributed by atoms with van der Waals surface area (Å²) in [6, 6.07) is -1.24. The number of hydrogen-bond donors (Lipinski definition) is 3. The minimum absolute atomic E-state index is 0.0130. The smallest absolute Gasteiger partial charge is 0.328 e. The molecule has 100 valence electrons. The molecule has 0 aliphatic carbocycles. The van der Waals surface area contributed by atoms with Crippen molar-refractivity contribution in [3.8, 4) is 0 Å². The number of aliphatic hydroxyl groups excluding tert-OH is 1. The molecule has 0 heterocycles. The lowest BCUT2D eigenvalue weighted by molar-refractivity contribution is -0.145. The highest BCUT2D eigenvalue weighted by Gasteiger charge is 2.27. The zero-order chi connectivity index (χ0) is 13.8. The first-order chi connectivity index (χ1) is 7.55. The summed E-state index contributed by atoms with van der Waals surface area (Å²) in [5.41, 5.74) is -0.0130. The highest BCUT2D eigenvalue weighted by Crippen LogP contribution is 2.27. The van der Waals surface area contributed by atoms with E-state index in [4.69, 9.17) is 5.11 Å². The molecule has 0 aliphatic rings. The van der Waals surface area contributed by atoms with Crippen LogP contribution in [0.5, 0.6) is 0 Å². The maximum atomic E-state index is 11.6. The maximum absolute atomic E-state index is 11.6. The molecule has 1 amide bonds. The normalized spacial score (nSPS) is 17.1. The van der Waals surface area contributed by atoms with Gasteiger partial charge in [-0.25, -0.2) is 4.79 Å². The quantitative estimate of drug-likeness (QED) is 0.674. The van der Waals surface area contributed by atoms with Gasteiger partial charge in [0, 0.05) is 6.42 Å². The van der Waals surface area contributed by atoms with Crippen molar-refractivity contribution in [2.75, 3.05) is 0 Å². The second-order valence-corrected chi connectivity index (χ2v) is 5.60. The summed E-state index contributed by atoms with van der Waals surface area (Å²) in [7, 11) is 0. The minimum atomic E-state index is -1.24. The zero-order valence-corrected chi connectivity index (χ0v) is 11.2. The third-order valence-electron chi connectivity index (χ3n) is 3.03. The van der Waals surface area contributed by atoms with Crippen molar-refractivity contribution < 1.29 is 19.8 Å². The standard InChI is InChI=1S/C12H23NO4/c1-7(12(3,4)5)6-9(15)13-10(8(2)14)11(16)17/h7-8,10,14H,6H2,1-5H3,(H,13,15)(H,16,17)/t7?,8-,10+/m1/s1. The average molecular weight is 245 g/mol. The van der Waals surface area contributed by atoms with Crippen molar-refractivity contribution in [3.63, 3.8) is 0 Å². The fraction of sp³-hybridized carbons (Fsp3) is 0.833. The van der Waals surface area contributed by atoms with E-state index in [1.165, 1.54) is 6.92 Å². The van der Waals surface area contributed by atoms with E-state index < -0.39 is 18.1 Å². The highest BCUT2D eigenvalue weighted by molar-refractivity contribution is 5.84. The van der Waals surface area contributed by atoms with Crippen LogP contribution in [0, 0.1) is 11.3 Å². The average Bonchev–Trinajstić information content (AvgIpc) is 2.11. The van der Waals surface area contributed by atoms with Gasteiger partial charge in [0.2, 0.25) is 5.91 Å². The summed E-state index contributed by atoms with van der Waals surface area (Å²) in [6.45, 7) is 9.35. The largest absolute Gasteiger partial charge is 0.480 e. The van der Waals surface area contributed by atoms with Crippen LogP contribution < -0.4 is 5.32 Å². The predicted molar refractivity (Wildman–Crippen MR) is 64.5 cm³/mol. The highest BCUT2D eigenvalue weighted by atomic mass is 16.4. The van der Waals surface area contributed by atoms with Crippen molar-refractivity contribution in [1.82, 2.24) is 5.32 Å². The van der Waals surface area contributed by atoms with Gasteiger partial charge in [-0.15, -0.1) is 0 Å². The molecular formula is C12H23NO4. The van der Waals surface area contributed by atoms with E-state index in [-0.39, 0.29) is 23.7 Å². The maximum Gasteiger partial charge on any atom is 0.328 e. The third-order valence-corrected chi connectivity index (χ3v) is 3.03. The summed E-state index contributed by atoms with van der Waals surface area (Å²) in [5.74, 6) is -1.44. The summed E-state index contributed by atoms with van der Waals surface area (Å²) < 4.78 is 0. The molecule has 0 spiro atoms. The molecule has 0 saturated heterocycles. The van der Waals surface area contributed by atoms with Gasteiger partial charge in [0.15, 0.2) is 6.04 Å². The lowest BCUT2D eigenvalue weighted by atomic mass is 9.80. The second-order valence-electron chi connectivity index (χ2n) is 5.60. The molecule has 5 heteroatoms. The van der Waals surface area contributed by atoms with Gasteiger partial charge in [-0.2, -0.15) is 0 Å². The van der Waals surface area contributed by atoms with Crippen LogP contribution in [-0.2, 0) is 9.59 Å². The van der Waals surface area contributed by atoms with E-state index >= 15 is 0 Å². The summed E-state index contributed by atoms with van der Waals surface area (Å²) in [4.78, 5) is 22.4. The topological polar surface area (TPSA) is 86.6 Å². The van der Waals surface area contributed by atoms with Gasteiger partial charge in [-0.05, 0) is 18.3 Å². The molecule has 0 aromatic carbocycles. The summed E-state index contributed by atoms with van der Waals surface area (Å²) in [5, 5.41) is 20.4. The van der Waals surface area contributed by atoms with Crippen LogP contribution in [0.3, 0.4) is 0 Å². The van der Waals surface area contributed by atoms with E-state index in [2.05, 4.69) is 5.32 Å². The van der Waals surface area contributed by atoms with E-state index in [1.54, 1.807) is 0 Å². The molecule has 17 heavy (non-hydrogen) atoms. The first-order valence-corrected chi connectivity index (χ1v) is 5.76. The Hall–Kier alpha value is -1.10. The first kappa shape index (κ1) is 15.9. The molecule has 0 fully saturated rings. The van der Waals surface area contributed by atoms with Gasteiger partial charge in [0.25, 0.3) is 0 Å². The number of nitrogens with one attached hydrogen (secondary N) is 1. The Morgan fingerprint density at radius 1 is 1.24 bits per heavy atom. The lowest BCUT2D eigenvalue weighted by Crippen LogP contribution is -2.48. The fourth-order valence-electron chi connectivity index (χ4n) is 1.21. The number of aliphatic carboxylic acids is 1. The van der Waals surface area contributed by atoms with Crippen molar-refractivity contribution in [2.45, 2.75) is 53.2 Å². The van der Waals surface area contributed by atoms with Crippen LogP contribution in [0.1, 0.15) is 41.0 Å². The Morgan fingerprint density at radius 2 is 1.71 bits per heavy atom. The van der Waals surface area contributed by atoms with Crippen molar-refractivity contribution >= 4 is 11.9 Å². The molecule has 0 radical (unpaired) electrons. The molecule has 3 N–H and O–H groups in total. The number of carbonyl (C=O) groups is 2. The number of carbonyl (C=O) groups excluding carboxylic acids is 1. The van der Waals surface area contributed by atoms with Crippen LogP contribution in [0.25, 0.3) is 0 Å². The van der Waals surface area contributed by atoms with E-state index in [9.17, 15) is 14.7 Å². The summed E-state index contributed by atoms with van der Waals surface area (Å²) >= 11 is 0. The molecule has 0 saturated carbocycles. The Kier molecular flexibility index (Phi) is 5.61. The number of rotatable bonds is 5. The number of carboxylic acid groups (broad SMARTS) is 1. The Bertz CT molecular complexity index is 281. The van der Waals surface area contributed by atoms with E-state index in [1.807, 2.05) is 27.7 Å². The van der Waals surface area contributed by atoms with Crippen LogP contribution in [0.2, 0.25) is 0 Å². The van der Waals surface area contributed by atoms with Crippen LogP contribution >= 0.6 is 0 Å². The zero-order valence-electron chi connectivity index (χ0n) is 11.2. The molecule has 0 aromatic heterocycles. The Morgan fingerprint density at radius 3 is 2.00 bits per heavy atom. The molecular weight excluding hydrogens is 222 g/mol. The first-order valence-electron chi connectivity index (χ1n) is 5.76. The Balaban J connectivity index is 4.40. The predicted octanol–water partition coefficient (Wildman–Crippen LogP) is 1.01. The van der Waals surface area contributed by atoms with Crippen molar-refractivity contribution in [1.29, 1.82) is 0 Å². The van der Waals surface area contributed by atoms with Crippen LogP contribution in [-0.4, -0.2) is 34.2 Å². The molecule has 0 rings (SSSR count). The van der Waals surface area contributed by atoms with E-state index in [0.717, 1.165) is 0 Å². The third kappa shape index (κ3) is 5.68. The van der Waals surface area contributed by atoms with Crippen LogP contribution in [0.15, 0.2) is 0 Å². The molecule has 0 bridgehead atoms. The number of carboxylic acids is 1. The number of aliphatic hydroxyl groups is 1. The Labute approximate surface area is 102 Å². The molecule has 1 unspecified atom stereocenters. The van der Waals surface area contributed by atoms with Gasteiger partial charge >= 0.3 is 5.97 Å². The van der Waals surface area contributed by atoms with Crippen molar-refractivity contribution in [3.05, 3.63) is 0 Å². The lowest BCUT2D eigenvalue weighted by Gasteiger charge is -2.27. The molecule has 5 nitrogen and oxygen atoms in total. The van der Waals surface area contributed by atoms with E-state index in [0.29, 0.717) is 0 Å². The SMILES string of the molecule is CC(CC(=O)N[C@H](C(=O)O)[C@@H](C)O)C(C)(C)C. The second kappa shape index (κ2) is 6.00. The fourth-order valence-corrected chi connectivity index (χ4v) is 1.21. The van der Waals surface area contributed by atoms with Crippen LogP contribution in [0.4, 0.5) is 0 Å². The van der Waals surface area contributed by atoms with Gasteiger partial charge in [-0.3, -0.25) is 4.79 Å². The monoisotopic (exact) mass is 245 g/mol. The summed E-state index contributed by atoms with van der Waals surface area (Å²) in [6.07, 6.45) is -0.860. The van der Waals surface area contributed by atoms with Gasteiger partial charge < -0.3 is 15.5 Å².